The van der Waals surface area contributed by atoms with Gasteiger partial charge in [-0.15, -0.1) is 0 Å². The molecule has 0 spiro atoms. The lowest BCUT2D eigenvalue weighted by Crippen LogP contribution is -2.10. The van der Waals surface area contributed by atoms with Gasteiger partial charge in [0.2, 0.25) is 0 Å². The van der Waals surface area contributed by atoms with Crippen molar-refractivity contribution < 1.29 is 0 Å². The molecular formula is C17H21N3. The highest BCUT2D eigenvalue weighted by Crippen LogP contribution is 2.26. The fraction of sp³-hybridized carbons (Fsp3) is 0.412. The predicted molar refractivity (Wildman–Crippen MR) is 81.4 cm³/mol. The van der Waals surface area contributed by atoms with Gasteiger partial charge in [-0.1, -0.05) is 52.0 Å². The van der Waals surface area contributed by atoms with E-state index < -0.39 is 0 Å². The first kappa shape index (κ1) is 14.3. The second kappa shape index (κ2) is 5.50. The average Bonchev–Trinajstić information content (AvgIpc) is 2.89. The first-order valence-electron chi connectivity index (χ1n) is 7.01. The lowest BCUT2D eigenvalue weighted by atomic mass is 9.86. The van der Waals surface area contributed by atoms with Gasteiger partial charge in [0.15, 0.2) is 0 Å². The third-order valence-corrected chi connectivity index (χ3v) is 3.55. The summed E-state index contributed by atoms with van der Waals surface area (Å²) in [6.07, 6.45) is 2.58. The first-order valence-corrected chi connectivity index (χ1v) is 7.01. The van der Waals surface area contributed by atoms with Gasteiger partial charge in [-0.2, -0.15) is 5.26 Å². The predicted octanol–water partition coefficient (Wildman–Crippen LogP) is 4.39. The van der Waals surface area contributed by atoms with Crippen LogP contribution in [0.4, 0.5) is 0 Å². The highest BCUT2D eigenvalue weighted by atomic mass is 14.9. The van der Waals surface area contributed by atoms with Gasteiger partial charge in [-0.3, -0.25) is 0 Å². The summed E-state index contributed by atoms with van der Waals surface area (Å²) in [4.78, 5) is 7.58. The van der Waals surface area contributed by atoms with Crippen LogP contribution in [0.1, 0.15) is 51.4 Å². The van der Waals surface area contributed by atoms with Crippen LogP contribution in [0, 0.1) is 11.3 Å². The number of imidazole rings is 1. The molecule has 20 heavy (non-hydrogen) atoms. The highest BCUT2D eigenvalue weighted by Gasteiger charge is 2.15. The topological polar surface area (TPSA) is 52.5 Å². The number of hydrogen-bond donors (Lipinski definition) is 1. The van der Waals surface area contributed by atoms with Crippen molar-refractivity contribution in [1.29, 1.82) is 5.26 Å². The standard InChI is InChI=1S/C17H21N3/c1-5-12(10-18)16-19-11-15(20-16)13-6-8-14(9-7-13)17(2,3)4/h6-9,11-12H,5H2,1-4H3,(H,19,20). The van der Waals surface area contributed by atoms with E-state index in [0.717, 1.165) is 23.5 Å². The van der Waals surface area contributed by atoms with Crippen molar-refractivity contribution in [1.82, 2.24) is 9.97 Å². The van der Waals surface area contributed by atoms with Gasteiger partial charge in [0.1, 0.15) is 11.7 Å². The molecule has 0 aliphatic heterocycles. The summed E-state index contributed by atoms with van der Waals surface area (Å²) in [5.74, 6) is 0.600. The zero-order valence-corrected chi connectivity index (χ0v) is 12.6. The summed E-state index contributed by atoms with van der Waals surface area (Å²) in [5, 5.41) is 9.08. The van der Waals surface area contributed by atoms with Crippen LogP contribution >= 0.6 is 0 Å². The Kier molecular flexibility index (Phi) is 3.94. The third-order valence-electron chi connectivity index (χ3n) is 3.55. The Labute approximate surface area is 120 Å². The van der Waals surface area contributed by atoms with Crippen molar-refractivity contribution in [3.05, 3.63) is 41.9 Å². The number of benzene rings is 1. The molecule has 0 bridgehead atoms. The summed E-state index contributed by atoms with van der Waals surface area (Å²) in [5.41, 5.74) is 3.54. The lowest BCUT2D eigenvalue weighted by molar-refractivity contribution is 0.590. The van der Waals surface area contributed by atoms with Crippen LogP contribution in [0.2, 0.25) is 0 Å². The maximum Gasteiger partial charge on any atom is 0.123 e. The van der Waals surface area contributed by atoms with E-state index >= 15 is 0 Å². The molecule has 3 nitrogen and oxygen atoms in total. The normalized spacial score (nSPS) is 12.9. The second-order valence-corrected chi connectivity index (χ2v) is 6.10. The maximum absolute atomic E-state index is 9.08. The summed E-state index contributed by atoms with van der Waals surface area (Å²) < 4.78 is 0. The highest BCUT2D eigenvalue weighted by molar-refractivity contribution is 5.59. The van der Waals surface area contributed by atoms with Gasteiger partial charge in [0.05, 0.1) is 18.0 Å². The van der Waals surface area contributed by atoms with Crippen LogP contribution in [0.3, 0.4) is 0 Å². The van der Waals surface area contributed by atoms with Crippen LogP contribution < -0.4 is 0 Å². The molecular weight excluding hydrogens is 246 g/mol. The number of aromatic nitrogens is 2. The second-order valence-electron chi connectivity index (χ2n) is 6.10. The van der Waals surface area contributed by atoms with Crippen LogP contribution in [-0.4, -0.2) is 9.97 Å². The van der Waals surface area contributed by atoms with Gasteiger partial charge < -0.3 is 4.98 Å². The number of H-pyrrole nitrogens is 1. The van der Waals surface area contributed by atoms with Crippen molar-refractivity contribution in [2.75, 3.05) is 0 Å². The molecule has 1 atom stereocenters. The molecule has 1 unspecified atom stereocenters. The quantitative estimate of drug-likeness (QED) is 0.896. The Balaban J connectivity index is 2.27. The van der Waals surface area contributed by atoms with Crippen molar-refractivity contribution in [2.45, 2.75) is 45.4 Å². The molecule has 1 N–H and O–H groups in total. The number of hydrogen-bond acceptors (Lipinski definition) is 2. The van der Waals surface area contributed by atoms with Gasteiger partial charge in [-0.25, -0.2) is 4.98 Å². The smallest absolute Gasteiger partial charge is 0.123 e. The van der Waals surface area contributed by atoms with Crippen molar-refractivity contribution >= 4 is 0 Å². The zero-order valence-electron chi connectivity index (χ0n) is 12.6. The van der Waals surface area contributed by atoms with E-state index in [4.69, 9.17) is 5.26 Å². The first-order chi connectivity index (χ1) is 9.45. The van der Waals surface area contributed by atoms with E-state index in [1.165, 1.54) is 5.56 Å². The minimum Gasteiger partial charge on any atom is -0.341 e. The fourth-order valence-corrected chi connectivity index (χ4v) is 2.16. The van der Waals surface area contributed by atoms with E-state index in [1.807, 2.05) is 6.92 Å². The fourth-order valence-electron chi connectivity index (χ4n) is 2.16. The summed E-state index contributed by atoms with van der Waals surface area (Å²) >= 11 is 0. The Morgan fingerprint density at radius 3 is 2.40 bits per heavy atom. The lowest BCUT2D eigenvalue weighted by Gasteiger charge is -2.18. The molecule has 104 valence electrons. The number of nitrogens with zero attached hydrogens (tertiary/aromatic N) is 2. The number of aromatic amines is 1. The number of nitriles is 1. The van der Waals surface area contributed by atoms with Gasteiger partial charge in [0, 0.05) is 0 Å². The van der Waals surface area contributed by atoms with E-state index in [1.54, 1.807) is 6.20 Å². The van der Waals surface area contributed by atoms with Gasteiger partial charge in [-0.05, 0) is 23.0 Å². The molecule has 0 amide bonds. The maximum atomic E-state index is 9.08. The van der Waals surface area contributed by atoms with Crippen LogP contribution in [-0.2, 0) is 5.41 Å². The number of rotatable bonds is 3. The van der Waals surface area contributed by atoms with Crippen LogP contribution in [0.15, 0.2) is 30.5 Å². The van der Waals surface area contributed by atoms with Crippen molar-refractivity contribution in [2.24, 2.45) is 0 Å². The minimum absolute atomic E-state index is 0.155. The summed E-state index contributed by atoms with van der Waals surface area (Å²) in [6, 6.07) is 10.8. The molecule has 1 heterocycles. The molecule has 2 aromatic rings. The van der Waals surface area contributed by atoms with Gasteiger partial charge in [0.25, 0.3) is 0 Å². The molecule has 0 aliphatic carbocycles. The van der Waals surface area contributed by atoms with E-state index in [0.29, 0.717) is 0 Å². The van der Waals surface area contributed by atoms with Crippen LogP contribution in [0.5, 0.6) is 0 Å². The molecule has 0 radical (unpaired) electrons. The van der Waals surface area contributed by atoms with Crippen LogP contribution in [0.25, 0.3) is 11.3 Å². The Morgan fingerprint density at radius 1 is 1.25 bits per heavy atom. The zero-order chi connectivity index (χ0) is 14.8. The van der Waals surface area contributed by atoms with E-state index in [-0.39, 0.29) is 11.3 Å². The molecule has 0 fully saturated rings. The Bertz CT molecular complexity index is 609. The van der Waals surface area contributed by atoms with Crippen molar-refractivity contribution in [3.8, 4) is 17.3 Å². The third kappa shape index (κ3) is 2.91. The minimum atomic E-state index is -0.155. The molecule has 0 saturated heterocycles. The van der Waals surface area contributed by atoms with Gasteiger partial charge >= 0.3 is 0 Å². The van der Waals surface area contributed by atoms with Crippen molar-refractivity contribution in [3.63, 3.8) is 0 Å². The van der Waals surface area contributed by atoms with E-state index in [2.05, 4.69) is 61.1 Å². The summed E-state index contributed by atoms with van der Waals surface area (Å²) in [7, 11) is 0. The Hall–Kier alpha value is -2.08. The summed E-state index contributed by atoms with van der Waals surface area (Å²) in [6.45, 7) is 8.60. The average molecular weight is 267 g/mol. The molecule has 2 rings (SSSR count). The molecule has 1 aromatic heterocycles. The SMILES string of the molecule is CCC(C#N)c1ncc(-c2ccc(C(C)(C)C)cc2)[nH]1. The number of nitrogens with one attached hydrogen (secondary N) is 1. The van der Waals surface area contributed by atoms with E-state index in [9.17, 15) is 0 Å². The Morgan fingerprint density at radius 2 is 1.90 bits per heavy atom. The molecule has 3 heteroatoms. The molecule has 0 saturated carbocycles. The molecule has 0 aliphatic rings. The monoisotopic (exact) mass is 267 g/mol. The molecule has 1 aromatic carbocycles. The largest absolute Gasteiger partial charge is 0.341 e.